The second kappa shape index (κ2) is 10.7. The van der Waals surface area contributed by atoms with Gasteiger partial charge in [0.25, 0.3) is 0 Å². The van der Waals surface area contributed by atoms with Crippen molar-refractivity contribution in [3.63, 3.8) is 0 Å². The van der Waals surface area contributed by atoms with E-state index in [4.69, 9.17) is 11.6 Å². The van der Waals surface area contributed by atoms with Crippen LogP contribution >= 0.6 is 35.6 Å². The molecular weight excluding hydrogens is 449 g/mol. The van der Waals surface area contributed by atoms with Crippen LogP contribution in [0.1, 0.15) is 25.2 Å². The van der Waals surface area contributed by atoms with Crippen LogP contribution in [0.3, 0.4) is 0 Å². The maximum absolute atomic E-state index is 5.94. The summed E-state index contributed by atoms with van der Waals surface area (Å²) in [5.74, 6) is 2.44. The van der Waals surface area contributed by atoms with Crippen LogP contribution < -0.4 is 5.32 Å². The van der Waals surface area contributed by atoms with Gasteiger partial charge in [-0.25, -0.2) is 4.98 Å². The Morgan fingerprint density at radius 2 is 2.00 bits per heavy atom. The third-order valence-corrected chi connectivity index (χ3v) is 3.93. The lowest BCUT2D eigenvalue weighted by molar-refractivity contribution is 0.468. The number of benzene rings is 1. The Kier molecular flexibility index (Phi) is 9.27. The summed E-state index contributed by atoms with van der Waals surface area (Å²) in [6.07, 6.45) is 3.87. The Bertz CT molecular complexity index is 666. The van der Waals surface area contributed by atoms with Gasteiger partial charge in [-0.3, -0.25) is 4.99 Å². The van der Waals surface area contributed by atoms with E-state index >= 15 is 0 Å². The fourth-order valence-electron chi connectivity index (χ4n) is 2.55. The zero-order chi connectivity index (χ0) is 17.5. The fourth-order valence-corrected chi connectivity index (χ4v) is 2.67. The molecule has 0 radical (unpaired) electrons. The van der Waals surface area contributed by atoms with Gasteiger partial charge in [-0.05, 0) is 23.6 Å². The van der Waals surface area contributed by atoms with Gasteiger partial charge in [0.2, 0.25) is 0 Å². The van der Waals surface area contributed by atoms with E-state index in [0.717, 1.165) is 29.9 Å². The van der Waals surface area contributed by atoms with E-state index in [1.54, 1.807) is 7.05 Å². The van der Waals surface area contributed by atoms with Crippen LogP contribution in [-0.2, 0) is 19.6 Å². The topological polar surface area (TPSA) is 45.5 Å². The third kappa shape index (κ3) is 6.86. The van der Waals surface area contributed by atoms with Crippen LogP contribution in [0, 0.1) is 5.92 Å². The minimum Gasteiger partial charge on any atom is -0.349 e. The number of nitrogens with one attached hydrogen (secondary N) is 1. The molecule has 0 amide bonds. The van der Waals surface area contributed by atoms with Crippen molar-refractivity contribution in [3.8, 4) is 0 Å². The van der Waals surface area contributed by atoms with E-state index in [0.29, 0.717) is 12.5 Å². The molecule has 5 nitrogen and oxygen atoms in total. The second-order valence-electron chi connectivity index (χ2n) is 6.27. The van der Waals surface area contributed by atoms with Gasteiger partial charge in [0.05, 0.1) is 6.54 Å². The summed E-state index contributed by atoms with van der Waals surface area (Å²) in [6, 6.07) is 7.87. The zero-order valence-corrected chi connectivity index (χ0v) is 18.3. The molecule has 0 bridgehead atoms. The van der Waals surface area contributed by atoms with Gasteiger partial charge in [0.15, 0.2) is 5.96 Å². The molecule has 2 rings (SSSR count). The van der Waals surface area contributed by atoms with Crippen molar-refractivity contribution in [2.75, 3.05) is 14.1 Å². The van der Waals surface area contributed by atoms with E-state index in [2.05, 4.69) is 38.6 Å². The van der Waals surface area contributed by atoms with Crippen molar-refractivity contribution in [1.29, 1.82) is 0 Å². The molecule has 1 aromatic carbocycles. The molecule has 1 N–H and O–H groups in total. The Hall–Kier alpha value is -1.28. The molecular formula is C18H27ClIN5. The molecule has 0 spiro atoms. The smallest absolute Gasteiger partial charge is 0.194 e. The third-order valence-electron chi connectivity index (χ3n) is 3.67. The van der Waals surface area contributed by atoms with Crippen molar-refractivity contribution < 1.29 is 0 Å². The van der Waals surface area contributed by atoms with E-state index in [-0.39, 0.29) is 24.0 Å². The number of aromatic nitrogens is 2. The van der Waals surface area contributed by atoms with Crippen LogP contribution in [0.4, 0.5) is 0 Å². The summed E-state index contributed by atoms with van der Waals surface area (Å²) in [7, 11) is 3.81. The molecule has 0 saturated carbocycles. The summed E-state index contributed by atoms with van der Waals surface area (Å²) >= 11 is 5.94. The Balaban J connectivity index is 0.00000312. The first-order valence-electron chi connectivity index (χ1n) is 8.15. The molecule has 0 aliphatic carbocycles. The van der Waals surface area contributed by atoms with Gasteiger partial charge in [-0.15, -0.1) is 24.0 Å². The Morgan fingerprint density at radius 1 is 1.32 bits per heavy atom. The van der Waals surface area contributed by atoms with Crippen LogP contribution in [0.25, 0.3) is 0 Å². The quantitative estimate of drug-likeness (QED) is 0.390. The van der Waals surface area contributed by atoms with E-state index in [1.807, 2.05) is 43.7 Å². The predicted octanol–water partition coefficient (Wildman–Crippen LogP) is 4.02. The number of imidazole rings is 1. The largest absolute Gasteiger partial charge is 0.349 e. The molecule has 0 unspecified atom stereocenters. The van der Waals surface area contributed by atoms with E-state index in [9.17, 15) is 0 Å². The highest BCUT2D eigenvalue weighted by Crippen LogP contribution is 2.11. The molecule has 0 atom stereocenters. The number of guanidine groups is 1. The standard InChI is InChI=1S/C18H26ClN5.HI/c1-14(2)12-24-10-9-21-17(24)11-22-18(20-3)23(4)13-15-5-7-16(19)8-6-15;/h5-10,14H,11-13H2,1-4H3,(H,20,22);1H. The highest BCUT2D eigenvalue weighted by atomic mass is 127. The van der Waals surface area contributed by atoms with Crippen molar-refractivity contribution in [2.45, 2.75) is 33.5 Å². The average Bonchev–Trinajstić information content (AvgIpc) is 2.96. The number of rotatable bonds is 6. The Labute approximate surface area is 172 Å². The summed E-state index contributed by atoms with van der Waals surface area (Å²) in [5, 5.41) is 4.13. The van der Waals surface area contributed by atoms with Gasteiger partial charge in [-0.1, -0.05) is 37.6 Å². The van der Waals surface area contributed by atoms with Gasteiger partial charge >= 0.3 is 0 Å². The SMILES string of the molecule is CN=C(NCc1nccn1CC(C)C)N(C)Cc1ccc(Cl)cc1.I. The zero-order valence-electron chi connectivity index (χ0n) is 15.2. The second-order valence-corrected chi connectivity index (χ2v) is 6.71. The molecule has 7 heteroatoms. The number of nitrogens with zero attached hydrogens (tertiary/aromatic N) is 4. The molecule has 0 fully saturated rings. The molecule has 0 aliphatic heterocycles. The molecule has 0 saturated heterocycles. The maximum atomic E-state index is 5.94. The summed E-state index contributed by atoms with van der Waals surface area (Å²) < 4.78 is 2.18. The van der Waals surface area contributed by atoms with E-state index in [1.165, 1.54) is 5.56 Å². The van der Waals surface area contributed by atoms with Crippen molar-refractivity contribution >= 4 is 41.5 Å². The lowest BCUT2D eigenvalue weighted by Crippen LogP contribution is -2.38. The van der Waals surface area contributed by atoms with Crippen LogP contribution in [0.5, 0.6) is 0 Å². The van der Waals surface area contributed by atoms with E-state index < -0.39 is 0 Å². The fraction of sp³-hybridized carbons (Fsp3) is 0.444. The number of hydrogen-bond donors (Lipinski definition) is 1. The van der Waals surface area contributed by atoms with Crippen molar-refractivity contribution in [3.05, 3.63) is 53.1 Å². The monoisotopic (exact) mass is 475 g/mol. The lowest BCUT2D eigenvalue weighted by atomic mass is 10.2. The first-order chi connectivity index (χ1) is 11.5. The van der Waals surface area contributed by atoms with Crippen molar-refractivity contribution in [1.82, 2.24) is 19.8 Å². The van der Waals surface area contributed by atoms with Crippen LogP contribution in [-0.4, -0.2) is 34.5 Å². The van der Waals surface area contributed by atoms with Gasteiger partial charge in [0.1, 0.15) is 5.82 Å². The summed E-state index contributed by atoms with van der Waals surface area (Å²) in [6.45, 7) is 6.79. The van der Waals surface area contributed by atoms with Gasteiger partial charge < -0.3 is 14.8 Å². The number of halogens is 2. The summed E-state index contributed by atoms with van der Waals surface area (Å²) in [4.78, 5) is 10.9. The minimum atomic E-state index is 0. The Morgan fingerprint density at radius 3 is 2.60 bits per heavy atom. The number of aliphatic imine (C=N–C) groups is 1. The first-order valence-corrected chi connectivity index (χ1v) is 8.53. The average molecular weight is 476 g/mol. The van der Waals surface area contributed by atoms with Crippen molar-refractivity contribution in [2.24, 2.45) is 10.9 Å². The molecule has 1 aromatic heterocycles. The minimum absolute atomic E-state index is 0. The molecule has 0 aliphatic rings. The van der Waals surface area contributed by atoms with Crippen LogP contribution in [0.2, 0.25) is 5.02 Å². The molecule has 1 heterocycles. The predicted molar refractivity (Wildman–Crippen MR) is 116 cm³/mol. The van der Waals surface area contributed by atoms with Crippen LogP contribution in [0.15, 0.2) is 41.7 Å². The van der Waals surface area contributed by atoms with Gasteiger partial charge in [0, 0.05) is 44.6 Å². The summed E-state index contributed by atoms with van der Waals surface area (Å²) in [5.41, 5.74) is 1.19. The normalized spacial score (nSPS) is 11.4. The number of hydrogen-bond acceptors (Lipinski definition) is 2. The lowest BCUT2D eigenvalue weighted by Gasteiger charge is -2.22. The molecule has 25 heavy (non-hydrogen) atoms. The highest BCUT2D eigenvalue weighted by molar-refractivity contribution is 14.0. The maximum Gasteiger partial charge on any atom is 0.194 e. The molecule has 138 valence electrons. The highest BCUT2D eigenvalue weighted by Gasteiger charge is 2.09. The first kappa shape index (κ1) is 21.8. The van der Waals surface area contributed by atoms with Gasteiger partial charge in [-0.2, -0.15) is 0 Å². The molecule has 2 aromatic rings.